The molecule has 0 radical (unpaired) electrons. The van der Waals surface area contributed by atoms with E-state index in [0.29, 0.717) is 11.4 Å². The molecule has 1 aliphatic rings. The molecule has 0 atom stereocenters. The van der Waals surface area contributed by atoms with Gasteiger partial charge in [-0.3, -0.25) is 9.48 Å². The van der Waals surface area contributed by atoms with Crippen LogP contribution in [0.5, 0.6) is 0 Å². The van der Waals surface area contributed by atoms with Crippen molar-refractivity contribution in [3.05, 3.63) is 11.9 Å². The van der Waals surface area contributed by atoms with E-state index < -0.39 is 0 Å². The summed E-state index contributed by atoms with van der Waals surface area (Å²) in [6, 6.07) is 0. The molecule has 0 spiro atoms. The highest BCUT2D eigenvalue weighted by molar-refractivity contribution is 5.97. The van der Waals surface area contributed by atoms with Crippen LogP contribution in [0.4, 0.5) is 5.69 Å². The molecular formula is C9H14N4O. The Bertz CT molecular complexity index is 352. The van der Waals surface area contributed by atoms with E-state index in [0.717, 1.165) is 25.9 Å². The van der Waals surface area contributed by atoms with E-state index in [4.69, 9.17) is 5.73 Å². The van der Waals surface area contributed by atoms with Crippen LogP contribution in [0, 0.1) is 0 Å². The lowest BCUT2D eigenvalue weighted by molar-refractivity contribution is 0.0787. The van der Waals surface area contributed by atoms with Crippen LogP contribution < -0.4 is 5.73 Å². The molecule has 2 heterocycles. The maximum atomic E-state index is 11.9. The highest BCUT2D eigenvalue weighted by atomic mass is 16.2. The van der Waals surface area contributed by atoms with Gasteiger partial charge in [-0.05, 0) is 12.8 Å². The van der Waals surface area contributed by atoms with Gasteiger partial charge < -0.3 is 10.6 Å². The minimum Gasteiger partial charge on any atom is -0.396 e. The first-order valence-electron chi connectivity index (χ1n) is 4.77. The molecule has 1 aromatic heterocycles. The molecule has 5 nitrogen and oxygen atoms in total. The lowest BCUT2D eigenvalue weighted by Gasteiger charge is -2.13. The van der Waals surface area contributed by atoms with E-state index in [1.807, 2.05) is 0 Å². The monoisotopic (exact) mass is 194 g/mol. The summed E-state index contributed by atoms with van der Waals surface area (Å²) in [4.78, 5) is 13.7. The Kier molecular flexibility index (Phi) is 2.15. The molecule has 0 saturated carbocycles. The molecule has 0 aromatic carbocycles. The van der Waals surface area contributed by atoms with E-state index in [-0.39, 0.29) is 5.91 Å². The first-order chi connectivity index (χ1) is 6.68. The molecule has 1 aliphatic heterocycles. The quantitative estimate of drug-likeness (QED) is 0.696. The number of carbonyl (C=O) groups is 1. The standard InChI is InChI=1S/C9H14N4O/c1-12-6-7(10)8(11-12)9(14)13-4-2-3-5-13/h6H,2-5,10H2,1H3. The van der Waals surface area contributed by atoms with Crippen LogP contribution in [0.1, 0.15) is 23.3 Å². The van der Waals surface area contributed by atoms with Crippen molar-refractivity contribution in [2.24, 2.45) is 7.05 Å². The van der Waals surface area contributed by atoms with Crippen LogP contribution in [-0.2, 0) is 7.05 Å². The second kappa shape index (κ2) is 3.32. The molecule has 1 fully saturated rings. The van der Waals surface area contributed by atoms with Gasteiger partial charge in [0.05, 0.1) is 5.69 Å². The van der Waals surface area contributed by atoms with Crippen molar-refractivity contribution in [2.75, 3.05) is 18.8 Å². The number of rotatable bonds is 1. The normalized spacial score (nSPS) is 16.2. The average Bonchev–Trinajstić information content (AvgIpc) is 2.73. The van der Waals surface area contributed by atoms with Gasteiger partial charge in [-0.15, -0.1) is 0 Å². The Labute approximate surface area is 82.5 Å². The van der Waals surface area contributed by atoms with Crippen molar-refractivity contribution < 1.29 is 4.79 Å². The zero-order chi connectivity index (χ0) is 10.1. The van der Waals surface area contributed by atoms with Gasteiger partial charge in [0.1, 0.15) is 0 Å². The Hall–Kier alpha value is -1.52. The zero-order valence-electron chi connectivity index (χ0n) is 8.23. The van der Waals surface area contributed by atoms with Crippen molar-refractivity contribution in [2.45, 2.75) is 12.8 Å². The number of amides is 1. The summed E-state index contributed by atoms with van der Waals surface area (Å²) in [5, 5.41) is 4.06. The molecule has 0 unspecified atom stereocenters. The van der Waals surface area contributed by atoms with E-state index in [1.165, 1.54) is 0 Å². The van der Waals surface area contributed by atoms with E-state index in [1.54, 1.807) is 22.8 Å². The number of anilines is 1. The fourth-order valence-electron chi connectivity index (χ4n) is 1.74. The predicted molar refractivity (Wildman–Crippen MR) is 52.8 cm³/mol. The van der Waals surface area contributed by atoms with Gasteiger partial charge in [0.2, 0.25) is 0 Å². The molecule has 0 bridgehead atoms. The summed E-state index contributed by atoms with van der Waals surface area (Å²) in [6.45, 7) is 1.66. The second-order valence-corrected chi connectivity index (χ2v) is 3.61. The lowest BCUT2D eigenvalue weighted by Crippen LogP contribution is -2.28. The third-order valence-electron chi connectivity index (χ3n) is 2.45. The van der Waals surface area contributed by atoms with Gasteiger partial charge in [-0.1, -0.05) is 0 Å². The minimum atomic E-state index is -0.0411. The van der Waals surface area contributed by atoms with Gasteiger partial charge in [-0.25, -0.2) is 0 Å². The number of nitrogens with two attached hydrogens (primary N) is 1. The maximum Gasteiger partial charge on any atom is 0.276 e. The first-order valence-corrected chi connectivity index (χ1v) is 4.77. The van der Waals surface area contributed by atoms with E-state index in [9.17, 15) is 4.79 Å². The molecule has 1 amide bonds. The number of hydrogen-bond donors (Lipinski definition) is 1. The van der Waals surface area contributed by atoms with Crippen molar-refractivity contribution in [1.82, 2.24) is 14.7 Å². The van der Waals surface area contributed by atoms with Crippen molar-refractivity contribution >= 4 is 11.6 Å². The van der Waals surface area contributed by atoms with E-state index in [2.05, 4.69) is 5.10 Å². The Morgan fingerprint density at radius 3 is 2.64 bits per heavy atom. The van der Waals surface area contributed by atoms with Crippen molar-refractivity contribution in [3.8, 4) is 0 Å². The number of carbonyl (C=O) groups excluding carboxylic acids is 1. The lowest BCUT2D eigenvalue weighted by atomic mass is 10.3. The zero-order valence-corrected chi connectivity index (χ0v) is 8.23. The Morgan fingerprint density at radius 1 is 1.50 bits per heavy atom. The van der Waals surface area contributed by atoms with Crippen LogP contribution in [-0.4, -0.2) is 33.7 Å². The molecule has 1 saturated heterocycles. The van der Waals surface area contributed by atoms with Gasteiger partial charge in [0, 0.05) is 26.3 Å². The molecule has 0 aliphatic carbocycles. The van der Waals surface area contributed by atoms with Crippen LogP contribution in [0.15, 0.2) is 6.20 Å². The summed E-state index contributed by atoms with van der Waals surface area (Å²) in [6.07, 6.45) is 3.82. The maximum absolute atomic E-state index is 11.9. The number of likely N-dealkylation sites (tertiary alicyclic amines) is 1. The number of aryl methyl sites for hydroxylation is 1. The number of nitrogen functional groups attached to an aromatic ring is 1. The smallest absolute Gasteiger partial charge is 0.276 e. The van der Waals surface area contributed by atoms with Gasteiger partial charge >= 0.3 is 0 Å². The summed E-state index contributed by atoms with van der Waals surface area (Å²) in [5.74, 6) is -0.0411. The highest BCUT2D eigenvalue weighted by Crippen LogP contribution is 2.15. The highest BCUT2D eigenvalue weighted by Gasteiger charge is 2.23. The van der Waals surface area contributed by atoms with E-state index >= 15 is 0 Å². The third-order valence-corrected chi connectivity index (χ3v) is 2.45. The molecule has 2 N–H and O–H groups in total. The largest absolute Gasteiger partial charge is 0.396 e. The predicted octanol–water partition coefficient (Wildman–Crippen LogP) is 0.238. The van der Waals surface area contributed by atoms with Crippen molar-refractivity contribution in [3.63, 3.8) is 0 Å². The van der Waals surface area contributed by atoms with Crippen LogP contribution in [0.3, 0.4) is 0 Å². The summed E-state index contributed by atoms with van der Waals surface area (Å²) in [7, 11) is 1.76. The molecular weight excluding hydrogens is 180 g/mol. The molecule has 1 aromatic rings. The topological polar surface area (TPSA) is 64.2 Å². The summed E-state index contributed by atoms with van der Waals surface area (Å²) in [5.41, 5.74) is 6.53. The third kappa shape index (κ3) is 1.45. The number of hydrogen-bond acceptors (Lipinski definition) is 3. The Morgan fingerprint density at radius 2 is 2.14 bits per heavy atom. The minimum absolute atomic E-state index is 0.0411. The fourth-order valence-corrected chi connectivity index (χ4v) is 1.74. The van der Waals surface area contributed by atoms with Gasteiger partial charge in [0.15, 0.2) is 5.69 Å². The first kappa shape index (κ1) is 9.05. The van der Waals surface area contributed by atoms with Crippen LogP contribution >= 0.6 is 0 Å². The molecule has 5 heteroatoms. The molecule has 76 valence electrons. The molecule has 14 heavy (non-hydrogen) atoms. The van der Waals surface area contributed by atoms with Crippen LogP contribution in [0.2, 0.25) is 0 Å². The van der Waals surface area contributed by atoms with Gasteiger partial charge in [-0.2, -0.15) is 5.10 Å². The fraction of sp³-hybridized carbons (Fsp3) is 0.556. The average molecular weight is 194 g/mol. The number of aromatic nitrogens is 2. The summed E-state index contributed by atoms with van der Waals surface area (Å²) >= 11 is 0. The molecule has 2 rings (SSSR count). The number of nitrogens with zero attached hydrogens (tertiary/aromatic N) is 3. The second-order valence-electron chi connectivity index (χ2n) is 3.61. The van der Waals surface area contributed by atoms with Crippen LogP contribution in [0.25, 0.3) is 0 Å². The van der Waals surface area contributed by atoms with Gasteiger partial charge in [0.25, 0.3) is 5.91 Å². The Balaban J connectivity index is 2.21. The van der Waals surface area contributed by atoms with Crippen molar-refractivity contribution in [1.29, 1.82) is 0 Å². The SMILES string of the molecule is Cn1cc(N)c(C(=O)N2CCCC2)n1. The summed E-state index contributed by atoms with van der Waals surface area (Å²) < 4.78 is 1.57.